The number of hydrogen-bond donors (Lipinski definition) is 2. The fraction of sp³-hybridized carbons (Fsp3) is 0.429. The Bertz CT molecular complexity index is 751. The number of aromatic nitrogens is 1. The molecule has 27 heavy (non-hydrogen) atoms. The van der Waals surface area contributed by atoms with Gasteiger partial charge in [0.25, 0.3) is 0 Å². The minimum Gasteiger partial charge on any atom is -0.354 e. The van der Waals surface area contributed by atoms with Gasteiger partial charge in [-0.05, 0) is 42.7 Å². The summed E-state index contributed by atoms with van der Waals surface area (Å²) in [5.41, 5.74) is 2.56. The maximum Gasteiger partial charge on any atom is 0.323 e. The van der Waals surface area contributed by atoms with Gasteiger partial charge in [-0.3, -0.25) is 4.90 Å². The molecule has 2 aromatic rings. The number of pyridine rings is 1. The van der Waals surface area contributed by atoms with Crippen LogP contribution in [0.5, 0.6) is 0 Å². The Morgan fingerprint density at radius 1 is 1.07 bits per heavy atom. The lowest BCUT2D eigenvalue weighted by Crippen LogP contribution is -2.47. The van der Waals surface area contributed by atoms with Gasteiger partial charge in [0.2, 0.25) is 0 Å². The summed E-state index contributed by atoms with van der Waals surface area (Å²) in [4.78, 5) is 21.5. The monoisotopic (exact) mass is 367 g/mol. The number of benzene rings is 1. The lowest BCUT2D eigenvalue weighted by Gasteiger charge is -2.36. The first-order valence-corrected chi connectivity index (χ1v) is 9.57. The van der Waals surface area contributed by atoms with Gasteiger partial charge in [-0.1, -0.05) is 26.0 Å². The van der Waals surface area contributed by atoms with Gasteiger partial charge >= 0.3 is 6.03 Å². The minimum atomic E-state index is -0.266. The van der Waals surface area contributed by atoms with Gasteiger partial charge < -0.3 is 15.5 Å². The molecule has 0 saturated carbocycles. The number of nitrogens with zero attached hydrogens (tertiary/aromatic N) is 3. The highest BCUT2D eigenvalue weighted by molar-refractivity contribution is 5.99. The second-order valence-electron chi connectivity index (χ2n) is 7.54. The topological polar surface area (TPSA) is 60.5 Å². The Kier molecular flexibility index (Phi) is 6.29. The van der Waals surface area contributed by atoms with Gasteiger partial charge in [-0.2, -0.15) is 0 Å². The van der Waals surface area contributed by atoms with Gasteiger partial charge in [0, 0.05) is 38.4 Å². The van der Waals surface area contributed by atoms with Gasteiger partial charge in [0.05, 0.1) is 11.9 Å². The van der Waals surface area contributed by atoms with E-state index in [2.05, 4.69) is 39.3 Å². The Morgan fingerprint density at radius 2 is 1.81 bits per heavy atom. The molecule has 144 valence electrons. The van der Waals surface area contributed by atoms with E-state index in [9.17, 15) is 4.79 Å². The predicted molar refractivity (Wildman–Crippen MR) is 112 cm³/mol. The molecule has 3 rings (SSSR count). The van der Waals surface area contributed by atoms with Crippen molar-refractivity contribution >= 4 is 23.2 Å². The number of carbonyl (C=O) groups is 1. The summed E-state index contributed by atoms with van der Waals surface area (Å²) >= 11 is 0. The Labute approximate surface area is 161 Å². The lowest BCUT2D eigenvalue weighted by molar-refractivity contribution is 0.231. The summed E-state index contributed by atoms with van der Waals surface area (Å²) in [6.07, 6.45) is 1.71. The Balaban J connectivity index is 1.51. The van der Waals surface area contributed by atoms with Crippen LogP contribution in [-0.4, -0.2) is 48.6 Å². The van der Waals surface area contributed by atoms with Crippen molar-refractivity contribution in [2.45, 2.75) is 20.8 Å². The number of carbonyl (C=O) groups excluding carboxylic acids is 1. The van der Waals surface area contributed by atoms with E-state index in [-0.39, 0.29) is 6.03 Å². The molecule has 6 heteroatoms. The molecule has 1 saturated heterocycles. The molecular formula is C21H29N5O. The smallest absolute Gasteiger partial charge is 0.323 e. The van der Waals surface area contributed by atoms with Crippen molar-refractivity contribution < 1.29 is 4.79 Å². The van der Waals surface area contributed by atoms with Crippen LogP contribution in [0.2, 0.25) is 0 Å². The second-order valence-corrected chi connectivity index (χ2v) is 7.54. The quantitative estimate of drug-likeness (QED) is 0.844. The van der Waals surface area contributed by atoms with Crippen molar-refractivity contribution in [3.8, 4) is 0 Å². The molecule has 1 aliphatic rings. The Hall–Kier alpha value is -2.60. The fourth-order valence-corrected chi connectivity index (χ4v) is 3.34. The van der Waals surface area contributed by atoms with Crippen LogP contribution in [0.15, 0.2) is 42.6 Å². The number of hydrogen-bond acceptors (Lipinski definition) is 4. The SMILES string of the molecule is Cc1cccc(NC(=O)Nc2ccc(N3CCN(CC(C)C)CC3)nc2)c1. The molecule has 0 bridgehead atoms. The molecule has 0 aliphatic carbocycles. The van der Waals surface area contributed by atoms with Gasteiger partial charge in [-0.15, -0.1) is 0 Å². The summed E-state index contributed by atoms with van der Waals surface area (Å²) in [5, 5.41) is 5.67. The molecule has 0 spiro atoms. The summed E-state index contributed by atoms with van der Waals surface area (Å²) in [6.45, 7) is 11.8. The number of amides is 2. The van der Waals surface area contributed by atoms with E-state index in [1.165, 1.54) is 0 Å². The standard InChI is InChI=1S/C21H29N5O/c1-16(2)15-25-9-11-26(12-10-25)20-8-7-19(14-22-20)24-21(27)23-18-6-4-5-17(3)13-18/h4-8,13-14,16H,9-12,15H2,1-3H3,(H2,23,24,27). The molecular weight excluding hydrogens is 338 g/mol. The average molecular weight is 367 g/mol. The van der Waals surface area contributed by atoms with Crippen LogP contribution >= 0.6 is 0 Å². The van der Waals surface area contributed by atoms with Crippen LogP contribution < -0.4 is 15.5 Å². The third-order valence-electron chi connectivity index (χ3n) is 4.60. The second kappa shape index (κ2) is 8.86. The van der Waals surface area contributed by atoms with Crippen molar-refractivity contribution in [2.75, 3.05) is 48.3 Å². The zero-order valence-electron chi connectivity index (χ0n) is 16.4. The van der Waals surface area contributed by atoms with E-state index in [0.29, 0.717) is 11.6 Å². The van der Waals surface area contributed by atoms with Crippen LogP contribution in [0.1, 0.15) is 19.4 Å². The van der Waals surface area contributed by atoms with Crippen LogP contribution in [0.3, 0.4) is 0 Å². The first-order chi connectivity index (χ1) is 13.0. The molecule has 2 N–H and O–H groups in total. The van der Waals surface area contributed by atoms with Crippen LogP contribution in [-0.2, 0) is 0 Å². The van der Waals surface area contributed by atoms with E-state index in [4.69, 9.17) is 0 Å². The highest BCUT2D eigenvalue weighted by atomic mass is 16.2. The molecule has 2 amide bonds. The summed E-state index contributed by atoms with van der Waals surface area (Å²) < 4.78 is 0. The number of urea groups is 1. The van der Waals surface area contributed by atoms with E-state index in [1.807, 2.05) is 43.3 Å². The zero-order valence-corrected chi connectivity index (χ0v) is 16.4. The third-order valence-corrected chi connectivity index (χ3v) is 4.60. The van der Waals surface area contributed by atoms with Gasteiger partial charge in [0.1, 0.15) is 5.82 Å². The highest BCUT2D eigenvalue weighted by Gasteiger charge is 2.18. The number of nitrogens with one attached hydrogen (secondary N) is 2. The van der Waals surface area contributed by atoms with Crippen LogP contribution in [0.4, 0.5) is 22.0 Å². The van der Waals surface area contributed by atoms with Crippen molar-refractivity contribution in [3.05, 3.63) is 48.2 Å². The Morgan fingerprint density at radius 3 is 2.44 bits per heavy atom. The molecule has 1 fully saturated rings. The first-order valence-electron chi connectivity index (χ1n) is 9.57. The largest absolute Gasteiger partial charge is 0.354 e. The summed E-state index contributed by atoms with van der Waals surface area (Å²) in [7, 11) is 0. The van der Waals surface area contributed by atoms with Crippen LogP contribution in [0.25, 0.3) is 0 Å². The zero-order chi connectivity index (χ0) is 19.2. The maximum atomic E-state index is 12.1. The molecule has 1 aromatic heterocycles. The first kappa shape index (κ1) is 19.2. The molecule has 0 atom stereocenters. The lowest BCUT2D eigenvalue weighted by atomic mass is 10.2. The molecule has 1 aromatic carbocycles. The van der Waals surface area contributed by atoms with E-state index >= 15 is 0 Å². The third kappa shape index (κ3) is 5.69. The van der Waals surface area contributed by atoms with Crippen molar-refractivity contribution in [2.24, 2.45) is 5.92 Å². The van der Waals surface area contributed by atoms with E-state index < -0.39 is 0 Å². The van der Waals surface area contributed by atoms with Gasteiger partial charge in [-0.25, -0.2) is 9.78 Å². The van der Waals surface area contributed by atoms with Gasteiger partial charge in [0.15, 0.2) is 0 Å². The van der Waals surface area contributed by atoms with Crippen molar-refractivity contribution in [1.29, 1.82) is 0 Å². The van der Waals surface area contributed by atoms with E-state index in [1.54, 1.807) is 6.20 Å². The number of aryl methyl sites for hydroxylation is 1. The van der Waals surface area contributed by atoms with Crippen LogP contribution in [0, 0.1) is 12.8 Å². The average Bonchev–Trinajstić information content (AvgIpc) is 2.62. The summed E-state index contributed by atoms with van der Waals surface area (Å²) in [6, 6.07) is 11.3. The van der Waals surface area contributed by atoms with Crippen molar-refractivity contribution in [1.82, 2.24) is 9.88 Å². The number of rotatable bonds is 5. The molecule has 0 radical (unpaired) electrons. The number of anilines is 3. The molecule has 6 nitrogen and oxygen atoms in total. The predicted octanol–water partition coefficient (Wildman–Crippen LogP) is 3.81. The fourth-order valence-electron chi connectivity index (χ4n) is 3.34. The molecule has 1 aliphatic heterocycles. The molecule has 2 heterocycles. The maximum absolute atomic E-state index is 12.1. The molecule has 0 unspecified atom stereocenters. The summed E-state index contributed by atoms with van der Waals surface area (Å²) in [5.74, 6) is 1.66. The number of piperazine rings is 1. The normalized spacial score (nSPS) is 15.0. The minimum absolute atomic E-state index is 0.266. The van der Waals surface area contributed by atoms with Crippen molar-refractivity contribution in [3.63, 3.8) is 0 Å². The van der Waals surface area contributed by atoms with E-state index in [0.717, 1.165) is 49.8 Å². The highest BCUT2D eigenvalue weighted by Crippen LogP contribution is 2.17.